The Bertz CT molecular complexity index is 1580. The van der Waals surface area contributed by atoms with Crippen LogP contribution in [-0.2, 0) is 26.0 Å². The molecule has 9 heteroatoms. The number of carboxylic acids is 1. The highest BCUT2D eigenvalue weighted by Gasteiger charge is 2.27. The van der Waals surface area contributed by atoms with Crippen LogP contribution in [0.3, 0.4) is 0 Å². The van der Waals surface area contributed by atoms with Crippen molar-refractivity contribution in [2.45, 2.75) is 17.4 Å². The lowest BCUT2D eigenvalue weighted by molar-refractivity contribution is -0.142. The van der Waals surface area contributed by atoms with Gasteiger partial charge in [0.15, 0.2) is 0 Å². The van der Waals surface area contributed by atoms with Crippen LogP contribution in [0.5, 0.6) is 0 Å². The van der Waals surface area contributed by atoms with Gasteiger partial charge in [-0.3, -0.25) is 4.79 Å². The van der Waals surface area contributed by atoms with E-state index in [2.05, 4.69) is 21.5 Å². The number of fused-ring (bicyclic) bond motifs is 1. The monoisotopic (exact) mass is 502 g/mol. The summed E-state index contributed by atoms with van der Waals surface area (Å²) in [5.74, 6) is 4.11. The molecule has 0 radical (unpaired) electrons. The van der Waals surface area contributed by atoms with Gasteiger partial charge in [0.1, 0.15) is 6.04 Å². The van der Waals surface area contributed by atoms with Crippen molar-refractivity contribution in [1.82, 2.24) is 9.71 Å². The summed E-state index contributed by atoms with van der Waals surface area (Å²) in [5, 5.41) is 9.86. The van der Waals surface area contributed by atoms with E-state index in [4.69, 9.17) is 9.84 Å². The Kier molecular flexibility index (Phi) is 7.20. The van der Waals surface area contributed by atoms with E-state index in [0.717, 1.165) is 16.5 Å². The fraction of sp³-hybridized carbons (Fsp3) is 0.111. The first-order valence-electron chi connectivity index (χ1n) is 10.9. The molecule has 3 N–H and O–H groups in total. The number of carbonyl (C=O) groups is 2. The van der Waals surface area contributed by atoms with E-state index in [9.17, 15) is 18.0 Å². The molecule has 182 valence electrons. The summed E-state index contributed by atoms with van der Waals surface area (Å²) in [7, 11) is -2.82. The molecule has 0 spiro atoms. The van der Waals surface area contributed by atoms with E-state index < -0.39 is 28.0 Å². The summed E-state index contributed by atoms with van der Waals surface area (Å²) in [6.45, 7) is 0. The summed E-state index contributed by atoms with van der Waals surface area (Å²) in [5.41, 5.74) is 3.02. The smallest absolute Gasteiger partial charge is 0.335 e. The van der Waals surface area contributed by atoms with Gasteiger partial charge < -0.3 is 14.8 Å². The molecule has 4 aromatic rings. The number of carbonyl (C=O) groups excluding carboxylic acids is 1. The summed E-state index contributed by atoms with van der Waals surface area (Å²) in [4.78, 5) is 26.4. The Hall–Kier alpha value is -4.39. The van der Waals surface area contributed by atoms with Crippen molar-refractivity contribution in [3.63, 3.8) is 0 Å². The summed E-state index contributed by atoms with van der Waals surface area (Å²) in [6.07, 6.45) is 1.86. The number of ether oxygens (including phenoxy) is 1. The Morgan fingerprint density at radius 2 is 1.58 bits per heavy atom. The molecule has 1 aromatic heterocycles. The number of methoxy groups -OCH3 is 1. The number of nitrogens with one attached hydrogen (secondary N) is 2. The van der Waals surface area contributed by atoms with Gasteiger partial charge in [0.2, 0.25) is 10.0 Å². The number of aromatic amines is 1. The molecule has 0 fully saturated rings. The zero-order valence-corrected chi connectivity index (χ0v) is 20.0. The van der Waals surface area contributed by atoms with Crippen LogP contribution in [0.2, 0.25) is 0 Å². The Morgan fingerprint density at radius 3 is 2.19 bits per heavy atom. The lowest BCUT2D eigenvalue weighted by Crippen LogP contribution is -2.42. The van der Waals surface area contributed by atoms with Crippen LogP contribution in [0.25, 0.3) is 10.9 Å². The molecule has 0 amide bonds. The van der Waals surface area contributed by atoms with Crippen molar-refractivity contribution in [2.24, 2.45) is 0 Å². The molecule has 0 unspecified atom stereocenters. The number of aromatic carboxylic acids is 1. The van der Waals surface area contributed by atoms with Crippen LogP contribution >= 0.6 is 0 Å². The third kappa shape index (κ3) is 5.63. The third-order valence-electron chi connectivity index (χ3n) is 5.53. The second-order valence-electron chi connectivity index (χ2n) is 7.92. The van der Waals surface area contributed by atoms with Gasteiger partial charge in [-0.05, 0) is 60.2 Å². The van der Waals surface area contributed by atoms with Crippen LogP contribution in [-0.4, -0.2) is 43.6 Å². The van der Waals surface area contributed by atoms with Crippen LogP contribution in [0, 0.1) is 11.8 Å². The third-order valence-corrected chi connectivity index (χ3v) is 7.02. The predicted molar refractivity (Wildman–Crippen MR) is 134 cm³/mol. The lowest BCUT2D eigenvalue weighted by Gasteiger charge is -2.16. The molecule has 4 rings (SSSR count). The Balaban J connectivity index is 1.50. The van der Waals surface area contributed by atoms with Gasteiger partial charge in [-0.2, -0.15) is 4.72 Å². The first-order valence-corrected chi connectivity index (χ1v) is 12.4. The van der Waals surface area contributed by atoms with Crippen molar-refractivity contribution >= 4 is 32.9 Å². The number of hydrogen-bond acceptors (Lipinski definition) is 5. The lowest BCUT2D eigenvalue weighted by atomic mass is 10.1. The zero-order valence-electron chi connectivity index (χ0n) is 19.2. The quantitative estimate of drug-likeness (QED) is 0.263. The SMILES string of the molecule is COC(=O)[C@@H](Cc1c[nH]c2ccccc12)NS(=O)(=O)c1ccc(C#Cc2ccc(C(=O)O)cc2)cc1. The average molecular weight is 503 g/mol. The molecule has 1 heterocycles. The number of rotatable bonds is 7. The van der Waals surface area contributed by atoms with E-state index in [1.165, 1.54) is 31.4 Å². The molecule has 0 saturated carbocycles. The highest BCUT2D eigenvalue weighted by atomic mass is 32.2. The molecule has 3 aromatic carbocycles. The van der Waals surface area contributed by atoms with E-state index in [-0.39, 0.29) is 16.9 Å². The van der Waals surface area contributed by atoms with E-state index in [1.54, 1.807) is 30.5 Å². The maximum atomic E-state index is 13.0. The molecule has 36 heavy (non-hydrogen) atoms. The zero-order chi connectivity index (χ0) is 25.7. The number of sulfonamides is 1. The second kappa shape index (κ2) is 10.5. The maximum Gasteiger partial charge on any atom is 0.335 e. The molecule has 0 bridgehead atoms. The van der Waals surface area contributed by atoms with Crippen LogP contribution in [0.4, 0.5) is 0 Å². The Morgan fingerprint density at radius 1 is 0.972 bits per heavy atom. The molecule has 0 saturated heterocycles. The first-order chi connectivity index (χ1) is 17.3. The van der Waals surface area contributed by atoms with Crippen LogP contribution in [0.15, 0.2) is 83.9 Å². The van der Waals surface area contributed by atoms with Crippen molar-refractivity contribution < 1.29 is 27.9 Å². The van der Waals surface area contributed by atoms with Crippen molar-refractivity contribution in [3.05, 3.63) is 101 Å². The maximum absolute atomic E-state index is 13.0. The molecule has 0 aliphatic rings. The van der Waals surface area contributed by atoms with Crippen LogP contribution < -0.4 is 4.72 Å². The fourth-order valence-electron chi connectivity index (χ4n) is 3.65. The summed E-state index contributed by atoms with van der Waals surface area (Å²) < 4.78 is 33.3. The average Bonchev–Trinajstić information content (AvgIpc) is 3.29. The first kappa shape index (κ1) is 24.7. The van der Waals surface area contributed by atoms with Gasteiger partial charge in [-0.1, -0.05) is 30.0 Å². The highest BCUT2D eigenvalue weighted by Crippen LogP contribution is 2.20. The molecular weight excluding hydrogens is 480 g/mol. The van der Waals surface area contributed by atoms with Crippen molar-refractivity contribution in [3.8, 4) is 11.8 Å². The normalized spacial score (nSPS) is 11.9. The van der Waals surface area contributed by atoms with Gasteiger partial charge in [0, 0.05) is 34.6 Å². The molecule has 8 nitrogen and oxygen atoms in total. The Labute approximate surface area is 208 Å². The minimum absolute atomic E-state index is 0.0216. The minimum atomic E-state index is -4.03. The van der Waals surface area contributed by atoms with Crippen LogP contribution in [0.1, 0.15) is 27.0 Å². The predicted octanol–water partition coefficient (Wildman–Crippen LogP) is 3.33. The number of hydrogen-bond donors (Lipinski definition) is 3. The number of H-pyrrole nitrogens is 1. The molecule has 1 atom stereocenters. The standard InChI is InChI=1S/C27H22N2O6S/c1-35-27(32)25(16-21-17-28-24-5-3-2-4-23(21)24)29-36(33,34)22-14-10-19(11-15-22)7-6-18-8-12-20(13-9-18)26(30)31/h2-5,8-15,17,25,28-29H,16H2,1H3,(H,30,31)/t25-/m1/s1. The van der Waals surface area contributed by atoms with Gasteiger partial charge in [0.05, 0.1) is 17.6 Å². The summed E-state index contributed by atoms with van der Waals surface area (Å²) >= 11 is 0. The number of esters is 1. The van der Waals surface area contributed by atoms with E-state index in [1.807, 2.05) is 24.3 Å². The van der Waals surface area contributed by atoms with Gasteiger partial charge in [-0.15, -0.1) is 0 Å². The molecule has 0 aliphatic carbocycles. The molecular formula is C27H22N2O6S. The van der Waals surface area contributed by atoms with Gasteiger partial charge in [-0.25, -0.2) is 13.2 Å². The molecule has 0 aliphatic heterocycles. The number of para-hydroxylation sites is 1. The topological polar surface area (TPSA) is 126 Å². The largest absolute Gasteiger partial charge is 0.478 e. The van der Waals surface area contributed by atoms with Crippen molar-refractivity contribution in [2.75, 3.05) is 7.11 Å². The van der Waals surface area contributed by atoms with E-state index in [0.29, 0.717) is 11.1 Å². The second-order valence-corrected chi connectivity index (χ2v) is 9.63. The number of aromatic nitrogens is 1. The number of carboxylic acid groups (broad SMARTS) is 1. The van der Waals surface area contributed by atoms with Crippen molar-refractivity contribution in [1.29, 1.82) is 0 Å². The number of benzene rings is 3. The minimum Gasteiger partial charge on any atom is -0.478 e. The fourth-order valence-corrected chi connectivity index (χ4v) is 4.83. The van der Waals surface area contributed by atoms with Gasteiger partial charge >= 0.3 is 11.9 Å². The van der Waals surface area contributed by atoms with Gasteiger partial charge in [0.25, 0.3) is 0 Å². The summed E-state index contributed by atoms with van der Waals surface area (Å²) in [6, 6.07) is 18.4. The van der Waals surface area contributed by atoms with E-state index >= 15 is 0 Å². The highest BCUT2D eigenvalue weighted by molar-refractivity contribution is 7.89.